The fraction of sp³-hybridized carbons (Fsp3) is 0.462. The molecule has 7 heteroatoms. The zero-order valence-corrected chi connectivity index (χ0v) is 12.0. The molecule has 1 fully saturated rings. The van der Waals surface area contributed by atoms with Crippen LogP contribution in [0.4, 0.5) is 14.5 Å². The molecule has 2 N–H and O–H groups in total. The van der Waals surface area contributed by atoms with Gasteiger partial charge in [-0.2, -0.15) is 0 Å². The Balaban J connectivity index is 0.00000200. The molecule has 0 aromatic heterocycles. The van der Waals surface area contributed by atoms with E-state index < -0.39 is 11.6 Å². The Morgan fingerprint density at radius 1 is 1.50 bits per heavy atom. The first kappa shape index (κ1) is 16.8. The van der Waals surface area contributed by atoms with Gasteiger partial charge in [-0.1, -0.05) is 0 Å². The van der Waals surface area contributed by atoms with Gasteiger partial charge in [-0.15, -0.1) is 12.4 Å². The second-order valence-corrected chi connectivity index (χ2v) is 4.70. The van der Waals surface area contributed by atoms with E-state index in [1.807, 2.05) is 11.8 Å². The quantitative estimate of drug-likeness (QED) is 0.892. The third kappa shape index (κ3) is 4.40. The maximum Gasteiger partial charge on any atom is 0.238 e. The van der Waals surface area contributed by atoms with Crippen LogP contribution in [0, 0.1) is 11.6 Å². The lowest BCUT2D eigenvalue weighted by atomic mass is 10.2. The van der Waals surface area contributed by atoms with Crippen LogP contribution in [0.1, 0.15) is 6.92 Å². The molecule has 1 aliphatic heterocycles. The SMILES string of the molecule is C[C@@H]1CNCCN1CC(=O)Nc1ccc(F)cc1F.Cl. The number of nitrogens with one attached hydrogen (secondary N) is 2. The first-order valence-corrected chi connectivity index (χ1v) is 6.26. The first-order valence-electron chi connectivity index (χ1n) is 6.26. The Labute approximate surface area is 122 Å². The number of carbonyl (C=O) groups excluding carboxylic acids is 1. The molecule has 0 unspecified atom stereocenters. The topological polar surface area (TPSA) is 44.4 Å². The Morgan fingerprint density at radius 2 is 2.25 bits per heavy atom. The molecule has 1 aromatic rings. The molecule has 1 amide bonds. The molecule has 0 saturated carbocycles. The van der Waals surface area contributed by atoms with E-state index in [-0.39, 0.29) is 36.6 Å². The number of hydrogen-bond acceptors (Lipinski definition) is 3. The molecule has 0 spiro atoms. The van der Waals surface area contributed by atoms with Crippen molar-refractivity contribution in [3.63, 3.8) is 0 Å². The number of hydrogen-bond donors (Lipinski definition) is 2. The fourth-order valence-electron chi connectivity index (χ4n) is 2.08. The number of nitrogens with zero attached hydrogens (tertiary/aromatic N) is 1. The number of carbonyl (C=O) groups is 1. The number of halogens is 3. The van der Waals surface area contributed by atoms with Gasteiger partial charge in [-0.05, 0) is 19.1 Å². The van der Waals surface area contributed by atoms with Gasteiger partial charge in [0, 0.05) is 31.7 Å². The lowest BCUT2D eigenvalue weighted by molar-refractivity contribution is -0.118. The molecule has 1 atom stereocenters. The van der Waals surface area contributed by atoms with Crippen molar-refractivity contribution in [1.29, 1.82) is 0 Å². The van der Waals surface area contributed by atoms with E-state index in [0.29, 0.717) is 0 Å². The molecule has 1 aromatic carbocycles. The summed E-state index contributed by atoms with van der Waals surface area (Å²) in [4.78, 5) is 13.9. The molecule has 1 aliphatic rings. The minimum Gasteiger partial charge on any atom is -0.322 e. The highest BCUT2D eigenvalue weighted by molar-refractivity contribution is 5.92. The van der Waals surface area contributed by atoms with Crippen molar-refractivity contribution in [2.45, 2.75) is 13.0 Å². The van der Waals surface area contributed by atoms with Gasteiger partial charge in [0.1, 0.15) is 11.6 Å². The normalized spacial score (nSPS) is 19.2. The number of amides is 1. The van der Waals surface area contributed by atoms with Crippen molar-refractivity contribution in [3.8, 4) is 0 Å². The molecule has 0 aliphatic carbocycles. The van der Waals surface area contributed by atoms with Crippen molar-refractivity contribution >= 4 is 24.0 Å². The summed E-state index contributed by atoms with van der Waals surface area (Å²) >= 11 is 0. The second kappa shape index (κ2) is 7.52. The molecule has 2 rings (SSSR count). The number of anilines is 1. The average molecular weight is 306 g/mol. The van der Waals surface area contributed by atoms with Gasteiger partial charge in [0.15, 0.2) is 0 Å². The van der Waals surface area contributed by atoms with Gasteiger partial charge < -0.3 is 10.6 Å². The summed E-state index contributed by atoms with van der Waals surface area (Å²) in [5, 5.41) is 5.69. The molecular formula is C13H18ClF2N3O. The lowest BCUT2D eigenvalue weighted by Crippen LogP contribution is -2.52. The van der Waals surface area contributed by atoms with Crippen molar-refractivity contribution < 1.29 is 13.6 Å². The Bertz CT molecular complexity index is 473. The number of rotatable bonds is 3. The van der Waals surface area contributed by atoms with E-state index in [4.69, 9.17) is 0 Å². The monoisotopic (exact) mass is 305 g/mol. The summed E-state index contributed by atoms with van der Waals surface area (Å²) in [5.74, 6) is -1.72. The Hall–Kier alpha value is -1.24. The fourth-order valence-corrected chi connectivity index (χ4v) is 2.08. The summed E-state index contributed by atoms with van der Waals surface area (Å²) in [6.07, 6.45) is 0. The predicted octanol–water partition coefficient (Wildman–Crippen LogP) is 1.62. The molecule has 0 bridgehead atoms. The van der Waals surface area contributed by atoms with Crippen molar-refractivity contribution in [2.24, 2.45) is 0 Å². The zero-order valence-electron chi connectivity index (χ0n) is 11.2. The van der Waals surface area contributed by atoms with Crippen molar-refractivity contribution in [3.05, 3.63) is 29.8 Å². The van der Waals surface area contributed by atoms with E-state index in [1.165, 1.54) is 6.07 Å². The van der Waals surface area contributed by atoms with E-state index in [2.05, 4.69) is 10.6 Å². The smallest absolute Gasteiger partial charge is 0.238 e. The average Bonchev–Trinajstić information content (AvgIpc) is 2.36. The third-order valence-corrected chi connectivity index (χ3v) is 3.19. The van der Waals surface area contributed by atoms with Gasteiger partial charge in [-0.3, -0.25) is 9.69 Å². The van der Waals surface area contributed by atoms with E-state index in [0.717, 1.165) is 31.8 Å². The Morgan fingerprint density at radius 3 is 2.90 bits per heavy atom. The van der Waals surface area contributed by atoms with E-state index in [1.54, 1.807) is 0 Å². The first-order chi connectivity index (χ1) is 9.06. The maximum atomic E-state index is 13.4. The van der Waals surface area contributed by atoms with Crippen LogP contribution >= 0.6 is 12.4 Å². The largest absolute Gasteiger partial charge is 0.322 e. The van der Waals surface area contributed by atoms with Crippen molar-refractivity contribution in [2.75, 3.05) is 31.5 Å². The molecule has 4 nitrogen and oxygen atoms in total. The summed E-state index contributed by atoms with van der Waals surface area (Å²) < 4.78 is 26.1. The van der Waals surface area contributed by atoms with Crippen LogP contribution in [0.2, 0.25) is 0 Å². The third-order valence-electron chi connectivity index (χ3n) is 3.19. The van der Waals surface area contributed by atoms with Crippen LogP contribution in [-0.2, 0) is 4.79 Å². The lowest BCUT2D eigenvalue weighted by Gasteiger charge is -2.33. The molecular weight excluding hydrogens is 288 g/mol. The minimum atomic E-state index is -0.762. The maximum absolute atomic E-state index is 13.4. The number of benzene rings is 1. The summed E-state index contributed by atoms with van der Waals surface area (Å²) in [6.45, 7) is 4.68. The zero-order chi connectivity index (χ0) is 13.8. The van der Waals surface area contributed by atoms with Gasteiger partial charge in [0.2, 0.25) is 5.91 Å². The van der Waals surface area contributed by atoms with Gasteiger partial charge >= 0.3 is 0 Å². The van der Waals surface area contributed by atoms with Crippen LogP contribution in [-0.4, -0.2) is 43.0 Å². The van der Waals surface area contributed by atoms with Crippen LogP contribution in [0.25, 0.3) is 0 Å². The molecule has 20 heavy (non-hydrogen) atoms. The van der Waals surface area contributed by atoms with Crippen LogP contribution in [0.5, 0.6) is 0 Å². The molecule has 112 valence electrons. The Kier molecular flexibility index (Phi) is 6.32. The summed E-state index contributed by atoms with van der Waals surface area (Å²) in [5.41, 5.74) is 0.00851. The van der Waals surface area contributed by atoms with E-state index in [9.17, 15) is 13.6 Å². The van der Waals surface area contributed by atoms with Crippen LogP contribution in [0.15, 0.2) is 18.2 Å². The highest BCUT2D eigenvalue weighted by atomic mass is 35.5. The predicted molar refractivity (Wildman–Crippen MR) is 76.1 cm³/mol. The summed E-state index contributed by atoms with van der Waals surface area (Å²) in [7, 11) is 0. The van der Waals surface area contributed by atoms with Crippen LogP contribution in [0.3, 0.4) is 0 Å². The van der Waals surface area contributed by atoms with Gasteiger partial charge in [0.25, 0.3) is 0 Å². The van der Waals surface area contributed by atoms with Crippen LogP contribution < -0.4 is 10.6 Å². The van der Waals surface area contributed by atoms with E-state index >= 15 is 0 Å². The minimum absolute atomic E-state index is 0. The summed E-state index contributed by atoms with van der Waals surface area (Å²) in [6, 6.07) is 3.36. The van der Waals surface area contributed by atoms with Gasteiger partial charge in [0.05, 0.1) is 12.2 Å². The highest BCUT2D eigenvalue weighted by Gasteiger charge is 2.20. The standard InChI is InChI=1S/C13H17F2N3O.ClH/c1-9-7-16-4-5-18(9)8-13(19)17-12-3-2-10(14)6-11(12)15;/h2-3,6,9,16H,4-5,7-8H2,1H3,(H,17,19);1H/t9-;/m1./s1. The molecule has 1 heterocycles. The second-order valence-electron chi connectivity index (χ2n) is 4.70. The molecule has 0 radical (unpaired) electrons. The highest BCUT2D eigenvalue weighted by Crippen LogP contribution is 2.15. The number of piperazine rings is 1. The molecule has 1 saturated heterocycles. The van der Waals surface area contributed by atoms with Crippen molar-refractivity contribution in [1.82, 2.24) is 10.2 Å². The van der Waals surface area contributed by atoms with Gasteiger partial charge in [-0.25, -0.2) is 8.78 Å².